The van der Waals surface area contributed by atoms with Crippen molar-refractivity contribution in [2.45, 2.75) is 31.7 Å². The van der Waals surface area contributed by atoms with E-state index in [1.807, 2.05) is 35.2 Å². The molecule has 144 valence electrons. The minimum absolute atomic E-state index is 0.00363. The number of thiocarbonyl (C=S) groups is 1. The van der Waals surface area contributed by atoms with Crippen molar-refractivity contribution >= 4 is 28.8 Å². The first kappa shape index (κ1) is 18.9. The molecule has 0 spiro atoms. The molecule has 2 unspecified atom stereocenters. The molecular weight excluding hydrogens is 373 g/mol. The molecule has 2 atom stereocenters. The molecule has 0 radical (unpaired) electrons. The summed E-state index contributed by atoms with van der Waals surface area (Å²) in [4.78, 5) is 28.2. The standard InChI is InChI=1S/C23H22FNO2S/c24-19-9-5-4-8-18(19)21(23(27)16-10-11-16)25-13-12-17(14-20(25)28)22(26)15-6-2-1-3-7-15/h1-9,16-17,21H,10-14H2. The third-order valence-corrected chi connectivity index (χ3v) is 6.05. The van der Waals surface area contributed by atoms with Crippen molar-refractivity contribution < 1.29 is 14.0 Å². The van der Waals surface area contributed by atoms with Gasteiger partial charge in [-0.2, -0.15) is 0 Å². The normalized spacial score (nSPS) is 20.7. The average molecular weight is 395 g/mol. The van der Waals surface area contributed by atoms with Gasteiger partial charge in [0.05, 0.1) is 4.99 Å². The lowest BCUT2D eigenvalue weighted by Crippen LogP contribution is -2.45. The molecule has 5 heteroatoms. The Bertz CT molecular complexity index is 910. The summed E-state index contributed by atoms with van der Waals surface area (Å²) in [6.07, 6.45) is 2.75. The molecular formula is C23H22FNO2S. The Labute approximate surface area is 169 Å². The van der Waals surface area contributed by atoms with Crippen LogP contribution in [0.15, 0.2) is 54.6 Å². The van der Waals surface area contributed by atoms with Gasteiger partial charge in [-0.1, -0.05) is 60.7 Å². The highest BCUT2D eigenvalue weighted by Gasteiger charge is 2.42. The molecule has 2 fully saturated rings. The van der Waals surface area contributed by atoms with Crippen LogP contribution in [0.2, 0.25) is 0 Å². The minimum atomic E-state index is -0.686. The maximum Gasteiger partial charge on any atom is 0.166 e. The van der Waals surface area contributed by atoms with E-state index in [-0.39, 0.29) is 29.2 Å². The molecule has 1 heterocycles. The number of halogens is 1. The topological polar surface area (TPSA) is 37.4 Å². The SMILES string of the molecule is O=C(c1ccccc1)C1CCN(C(C(=O)C2CC2)c2ccccc2F)C(=S)C1. The third-order valence-electron chi connectivity index (χ3n) is 5.65. The molecule has 0 aromatic heterocycles. The molecule has 1 saturated carbocycles. The van der Waals surface area contributed by atoms with Crippen LogP contribution in [0.5, 0.6) is 0 Å². The molecule has 0 bridgehead atoms. The van der Waals surface area contributed by atoms with Crippen molar-refractivity contribution in [3.05, 3.63) is 71.5 Å². The summed E-state index contributed by atoms with van der Waals surface area (Å²) >= 11 is 5.62. The van der Waals surface area contributed by atoms with Gasteiger partial charge in [0.1, 0.15) is 11.9 Å². The first-order valence-electron chi connectivity index (χ1n) is 9.73. The number of hydrogen-bond acceptors (Lipinski definition) is 3. The number of Topliss-reactive ketones (excluding diaryl/α,β-unsaturated/α-hetero) is 2. The Morgan fingerprint density at radius 1 is 0.964 bits per heavy atom. The van der Waals surface area contributed by atoms with Crippen molar-refractivity contribution in [2.24, 2.45) is 11.8 Å². The fourth-order valence-electron chi connectivity index (χ4n) is 3.95. The predicted octanol–water partition coefficient (Wildman–Crippen LogP) is 4.77. The monoisotopic (exact) mass is 395 g/mol. The third kappa shape index (κ3) is 3.76. The summed E-state index contributed by atoms with van der Waals surface area (Å²) < 4.78 is 14.5. The zero-order valence-electron chi connectivity index (χ0n) is 15.5. The summed E-state index contributed by atoms with van der Waals surface area (Å²) in [6, 6.07) is 15.0. The molecule has 4 rings (SSSR count). The van der Waals surface area contributed by atoms with Crippen LogP contribution < -0.4 is 0 Å². The van der Waals surface area contributed by atoms with Crippen molar-refractivity contribution in [1.82, 2.24) is 4.90 Å². The minimum Gasteiger partial charge on any atom is -0.352 e. The maximum atomic E-state index is 14.5. The Kier molecular flexibility index (Phi) is 5.36. The van der Waals surface area contributed by atoms with Gasteiger partial charge in [0.2, 0.25) is 0 Å². The number of benzene rings is 2. The molecule has 2 aromatic carbocycles. The number of carbonyl (C=O) groups excluding carboxylic acids is 2. The first-order valence-corrected chi connectivity index (χ1v) is 10.1. The molecule has 1 saturated heterocycles. The van der Waals surface area contributed by atoms with E-state index >= 15 is 0 Å². The largest absolute Gasteiger partial charge is 0.352 e. The first-order chi connectivity index (χ1) is 13.6. The zero-order valence-corrected chi connectivity index (χ0v) is 16.3. The summed E-state index contributed by atoms with van der Waals surface area (Å²) in [5, 5.41) is 0. The van der Waals surface area contributed by atoms with Crippen LogP contribution >= 0.6 is 12.2 Å². The predicted molar refractivity (Wildman–Crippen MR) is 110 cm³/mol. The van der Waals surface area contributed by atoms with E-state index in [0.717, 1.165) is 12.8 Å². The molecule has 3 nitrogen and oxygen atoms in total. The number of nitrogens with zero attached hydrogens (tertiary/aromatic N) is 1. The molecule has 0 N–H and O–H groups in total. The van der Waals surface area contributed by atoms with Gasteiger partial charge >= 0.3 is 0 Å². The highest BCUT2D eigenvalue weighted by molar-refractivity contribution is 7.80. The lowest BCUT2D eigenvalue weighted by atomic mass is 9.86. The smallest absolute Gasteiger partial charge is 0.166 e. The van der Waals surface area contributed by atoms with Gasteiger partial charge in [-0.3, -0.25) is 9.59 Å². The number of rotatable bonds is 6. The van der Waals surface area contributed by atoms with Crippen molar-refractivity contribution in [3.63, 3.8) is 0 Å². The van der Waals surface area contributed by atoms with Gasteiger partial charge in [-0.15, -0.1) is 0 Å². The van der Waals surface area contributed by atoms with Crippen LogP contribution in [0, 0.1) is 17.7 Å². The highest BCUT2D eigenvalue weighted by Crippen LogP contribution is 2.39. The van der Waals surface area contributed by atoms with Gasteiger partial charge in [0, 0.05) is 35.9 Å². The molecule has 28 heavy (non-hydrogen) atoms. The Morgan fingerprint density at radius 2 is 1.64 bits per heavy atom. The van der Waals surface area contributed by atoms with Crippen LogP contribution in [0.25, 0.3) is 0 Å². The maximum absolute atomic E-state index is 14.5. The lowest BCUT2D eigenvalue weighted by Gasteiger charge is -2.39. The number of ketones is 2. The molecule has 2 aliphatic rings. The molecule has 1 aliphatic carbocycles. The Hall–Kier alpha value is -2.40. The summed E-state index contributed by atoms with van der Waals surface area (Å²) in [5.41, 5.74) is 1.07. The quantitative estimate of drug-likeness (QED) is 0.522. The Morgan fingerprint density at radius 3 is 2.29 bits per heavy atom. The van der Waals surface area contributed by atoms with Crippen LogP contribution in [0.4, 0.5) is 4.39 Å². The zero-order chi connectivity index (χ0) is 19.7. The van der Waals surface area contributed by atoms with E-state index in [4.69, 9.17) is 12.2 Å². The second-order valence-electron chi connectivity index (χ2n) is 7.61. The van der Waals surface area contributed by atoms with E-state index in [1.165, 1.54) is 6.07 Å². The van der Waals surface area contributed by atoms with Crippen LogP contribution in [-0.2, 0) is 4.79 Å². The van der Waals surface area contributed by atoms with Crippen molar-refractivity contribution in [3.8, 4) is 0 Å². The average Bonchev–Trinajstić information content (AvgIpc) is 3.56. The van der Waals surface area contributed by atoms with Crippen LogP contribution in [0.3, 0.4) is 0 Å². The van der Waals surface area contributed by atoms with E-state index in [9.17, 15) is 14.0 Å². The summed E-state index contributed by atoms with van der Waals surface area (Å²) in [6.45, 7) is 0.486. The number of piperidine rings is 1. The second-order valence-corrected chi connectivity index (χ2v) is 8.08. The van der Waals surface area contributed by atoms with Crippen molar-refractivity contribution in [2.75, 3.05) is 6.54 Å². The summed E-state index contributed by atoms with van der Waals surface area (Å²) in [5.74, 6) is -0.454. The van der Waals surface area contributed by atoms with Gasteiger partial charge < -0.3 is 4.90 Å². The fraction of sp³-hybridized carbons (Fsp3) is 0.348. The molecule has 0 amide bonds. The summed E-state index contributed by atoms with van der Waals surface area (Å²) in [7, 11) is 0. The fourth-order valence-corrected chi connectivity index (χ4v) is 4.35. The van der Waals surface area contributed by atoms with Crippen LogP contribution in [0.1, 0.15) is 47.6 Å². The van der Waals surface area contributed by atoms with E-state index in [2.05, 4.69) is 0 Å². The van der Waals surface area contributed by atoms with E-state index in [0.29, 0.717) is 35.5 Å². The Balaban J connectivity index is 1.56. The number of carbonyl (C=O) groups is 2. The number of likely N-dealkylation sites (tertiary alicyclic amines) is 1. The van der Waals surface area contributed by atoms with Gasteiger partial charge in [0.15, 0.2) is 11.6 Å². The number of hydrogen-bond donors (Lipinski definition) is 0. The van der Waals surface area contributed by atoms with E-state index in [1.54, 1.807) is 18.2 Å². The highest BCUT2D eigenvalue weighted by atomic mass is 32.1. The van der Waals surface area contributed by atoms with Gasteiger partial charge in [-0.05, 0) is 25.3 Å². The van der Waals surface area contributed by atoms with Gasteiger partial charge in [-0.25, -0.2) is 4.39 Å². The van der Waals surface area contributed by atoms with Crippen LogP contribution in [-0.4, -0.2) is 28.0 Å². The second kappa shape index (κ2) is 7.92. The van der Waals surface area contributed by atoms with Gasteiger partial charge in [0.25, 0.3) is 0 Å². The molecule has 1 aliphatic heterocycles. The van der Waals surface area contributed by atoms with E-state index < -0.39 is 6.04 Å². The lowest BCUT2D eigenvalue weighted by molar-refractivity contribution is -0.124. The molecule has 2 aromatic rings. The van der Waals surface area contributed by atoms with Crippen molar-refractivity contribution in [1.29, 1.82) is 0 Å².